The molecule has 4 nitrogen and oxygen atoms in total. The normalized spacial score (nSPS) is 42.3. The van der Waals surface area contributed by atoms with Gasteiger partial charge in [-0.25, -0.2) is 0 Å². The van der Waals surface area contributed by atoms with Gasteiger partial charge in [0.1, 0.15) is 0 Å². The number of aromatic nitrogens is 2. The van der Waals surface area contributed by atoms with Crippen LogP contribution in [0.5, 0.6) is 0 Å². The van der Waals surface area contributed by atoms with E-state index in [-0.39, 0.29) is 6.29 Å². The van der Waals surface area contributed by atoms with E-state index < -0.39 is 0 Å². The molecule has 0 aromatic carbocycles. The molecule has 5 fully saturated rings. The average molecular weight is 316 g/mol. The van der Waals surface area contributed by atoms with Crippen LogP contribution in [0.4, 0.5) is 0 Å². The second kappa shape index (κ2) is 5.59. The summed E-state index contributed by atoms with van der Waals surface area (Å²) in [5, 5.41) is 7.96. The lowest BCUT2D eigenvalue weighted by atomic mass is 9.49. The van der Waals surface area contributed by atoms with Crippen LogP contribution in [0.3, 0.4) is 0 Å². The number of aromatic amines is 1. The molecular weight excluding hydrogens is 288 g/mol. The number of nitrogens with one attached hydrogen (secondary N) is 1. The Bertz CT molecular complexity index is 526. The van der Waals surface area contributed by atoms with Gasteiger partial charge >= 0.3 is 0 Å². The Balaban J connectivity index is 1.28. The Morgan fingerprint density at radius 1 is 1.13 bits per heavy atom. The van der Waals surface area contributed by atoms with E-state index in [1.165, 1.54) is 57.1 Å². The van der Waals surface area contributed by atoms with Crippen LogP contribution >= 0.6 is 0 Å². The Kier molecular flexibility index (Phi) is 3.52. The number of hydrogen-bond donors (Lipinski definition) is 1. The summed E-state index contributed by atoms with van der Waals surface area (Å²) < 4.78 is 11.6. The molecule has 4 saturated carbocycles. The maximum atomic E-state index is 5.91. The van der Waals surface area contributed by atoms with Gasteiger partial charge in [-0.15, -0.1) is 0 Å². The lowest BCUT2D eigenvalue weighted by Crippen LogP contribution is -2.48. The minimum atomic E-state index is -0.0185. The van der Waals surface area contributed by atoms with Gasteiger partial charge in [0, 0.05) is 12.0 Å². The summed E-state index contributed by atoms with van der Waals surface area (Å²) in [6.07, 6.45) is 12.0. The van der Waals surface area contributed by atoms with E-state index in [4.69, 9.17) is 14.6 Å². The molecule has 0 spiro atoms. The molecular formula is C19H28N2O2. The Morgan fingerprint density at radius 2 is 1.87 bits per heavy atom. The van der Waals surface area contributed by atoms with Crippen LogP contribution < -0.4 is 0 Å². The molecule has 1 saturated heterocycles. The SMILES string of the molecule is c1c(C23CC4CC(CC(C4)C2)C3)n[nH]c1COC1CCCCO1. The first kappa shape index (κ1) is 14.5. The molecule has 0 radical (unpaired) electrons. The van der Waals surface area contributed by atoms with E-state index in [0.29, 0.717) is 12.0 Å². The number of H-pyrrole nitrogens is 1. The zero-order valence-corrected chi connectivity index (χ0v) is 13.9. The maximum absolute atomic E-state index is 5.91. The molecule has 23 heavy (non-hydrogen) atoms. The Morgan fingerprint density at radius 3 is 2.52 bits per heavy atom. The van der Waals surface area contributed by atoms with E-state index >= 15 is 0 Å². The van der Waals surface area contributed by atoms with E-state index in [1.807, 2.05) is 0 Å². The van der Waals surface area contributed by atoms with E-state index in [1.54, 1.807) is 0 Å². The van der Waals surface area contributed by atoms with Crippen LogP contribution in [0.1, 0.15) is 69.2 Å². The molecule has 4 bridgehead atoms. The topological polar surface area (TPSA) is 47.1 Å². The van der Waals surface area contributed by atoms with Gasteiger partial charge in [0.05, 0.1) is 18.0 Å². The molecule has 1 aliphatic heterocycles. The molecule has 6 rings (SSSR count). The number of nitrogens with zero attached hydrogens (tertiary/aromatic N) is 1. The van der Waals surface area contributed by atoms with Crippen molar-refractivity contribution in [2.75, 3.05) is 6.61 Å². The van der Waals surface area contributed by atoms with Crippen molar-refractivity contribution in [1.29, 1.82) is 0 Å². The summed E-state index contributed by atoms with van der Waals surface area (Å²) in [4.78, 5) is 0. The minimum Gasteiger partial charge on any atom is -0.353 e. The largest absolute Gasteiger partial charge is 0.353 e. The van der Waals surface area contributed by atoms with Crippen LogP contribution in [0.15, 0.2) is 6.07 Å². The van der Waals surface area contributed by atoms with E-state index in [0.717, 1.165) is 36.5 Å². The quantitative estimate of drug-likeness (QED) is 0.916. The van der Waals surface area contributed by atoms with Crippen molar-refractivity contribution >= 4 is 0 Å². The molecule has 1 atom stereocenters. The van der Waals surface area contributed by atoms with Crippen molar-refractivity contribution in [2.45, 2.75) is 76.1 Å². The molecule has 2 heterocycles. The summed E-state index contributed by atoms with van der Waals surface area (Å²) >= 11 is 0. The zero-order chi connectivity index (χ0) is 15.3. The van der Waals surface area contributed by atoms with Crippen LogP contribution in [0, 0.1) is 17.8 Å². The summed E-state index contributed by atoms with van der Waals surface area (Å²) in [5.74, 6) is 2.90. The highest BCUT2D eigenvalue weighted by molar-refractivity contribution is 5.24. The molecule has 5 aliphatic rings. The molecule has 1 aromatic rings. The van der Waals surface area contributed by atoms with Crippen LogP contribution in [0.2, 0.25) is 0 Å². The predicted molar refractivity (Wildman–Crippen MR) is 86.8 cm³/mol. The van der Waals surface area contributed by atoms with Gasteiger partial charge in [0.15, 0.2) is 6.29 Å². The standard InChI is InChI=1S/C19H28N2O2/c1-2-4-22-18(3-1)23-12-16-8-17(21-20-16)19-9-13-5-14(10-19)7-15(6-13)11-19/h8,13-15,18H,1-7,9-12H2,(H,20,21). The second-order valence-electron chi connectivity index (χ2n) is 8.58. The third kappa shape index (κ3) is 2.64. The van der Waals surface area contributed by atoms with Gasteiger partial charge in [0.2, 0.25) is 0 Å². The number of rotatable bonds is 4. The minimum absolute atomic E-state index is 0.0185. The van der Waals surface area contributed by atoms with Crippen molar-refractivity contribution in [3.63, 3.8) is 0 Å². The van der Waals surface area contributed by atoms with Crippen LogP contribution in [0.25, 0.3) is 0 Å². The monoisotopic (exact) mass is 316 g/mol. The van der Waals surface area contributed by atoms with Gasteiger partial charge in [-0.05, 0) is 81.6 Å². The fourth-order valence-electron chi connectivity index (χ4n) is 6.16. The molecule has 1 N–H and O–H groups in total. The predicted octanol–water partition coefficient (Wildman–Crippen LogP) is 3.92. The molecule has 0 amide bonds. The molecule has 1 unspecified atom stereocenters. The average Bonchev–Trinajstić information content (AvgIpc) is 3.02. The van der Waals surface area contributed by atoms with Crippen LogP contribution in [-0.2, 0) is 21.5 Å². The molecule has 126 valence electrons. The van der Waals surface area contributed by atoms with Crippen molar-refractivity contribution < 1.29 is 9.47 Å². The van der Waals surface area contributed by atoms with Gasteiger partial charge < -0.3 is 9.47 Å². The highest BCUT2D eigenvalue weighted by Gasteiger charge is 2.52. The summed E-state index contributed by atoms with van der Waals surface area (Å²) in [6, 6.07) is 2.29. The van der Waals surface area contributed by atoms with Crippen molar-refractivity contribution in [3.8, 4) is 0 Å². The fraction of sp³-hybridized carbons (Fsp3) is 0.842. The van der Waals surface area contributed by atoms with Gasteiger partial charge in [-0.3, -0.25) is 5.10 Å². The lowest BCUT2D eigenvalue weighted by molar-refractivity contribution is -0.169. The van der Waals surface area contributed by atoms with Crippen LogP contribution in [-0.4, -0.2) is 23.1 Å². The second-order valence-corrected chi connectivity index (χ2v) is 8.58. The van der Waals surface area contributed by atoms with Crippen molar-refractivity contribution in [2.24, 2.45) is 17.8 Å². The zero-order valence-electron chi connectivity index (χ0n) is 13.9. The molecule has 4 aliphatic carbocycles. The summed E-state index contributed by atoms with van der Waals surface area (Å²) in [5.41, 5.74) is 2.81. The highest BCUT2D eigenvalue weighted by Crippen LogP contribution is 2.60. The number of hydrogen-bond acceptors (Lipinski definition) is 3. The van der Waals surface area contributed by atoms with Gasteiger partial charge in [-0.1, -0.05) is 0 Å². The first-order chi connectivity index (χ1) is 11.3. The summed E-state index contributed by atoms with van der Waals surface area (Å²) in [7, 11) is 0. The lowest BCUT2D eigenvalue weighted by Gasteiger charge is -2.56. The molecule has 1 aromatic heterocycles. The Hall–Kier alpha value is -0.870. The van der Waals surface area contributed by atoms with Gasteiger partial charge in [-0.2, -0.15) is 5.10 Å². The van der Waals surface area contributed by atoms with E-state index in [9.17, 15) is 0 Å². The van der Waals surface area contributed by atoms with E-state index in [2.05, 4.69) is 11.2 Å². The first-order valence-corrected chi connectivity index (χ1v) is 9.57. The van der Waals surface area contributed by atoms with Crippen molar-refractivity contribution in [3.05, 3.63) is 17.5 Å². The van der Waals surface area contributed by atoms with Gasteiger partial charge in [0.25, 0.3) is 0 Å². The molecule has 4 heteroatoms. The first-order valence-electron chi connectivity index (χ1n) is 9.57. The summed E-state index contributed by atoms with van der Waals surface area (Å²) in [6.45, 7) is 1.44. The fourth-order valence-corrected chi connectivity index (χ4v) is 6.16. The number of ether oxygens (including phenoxy) is 2. The highest BCUT2D eigenvalue weighted by atomic mass is 16.7. The third-order valence-corrected chi connectivity index (χ3v) is 6.78. The smallest absolute Gasteiger partial charge is 0.158 e. The Labute approximate surface area is 138 Å². The maximum Gasteiger partial charge on any atom is 0.158 e. The third-order valence-electron chi connectivity index (χ3n) is 6.78. The van der Waals surface area contributed by atoms with Crippen molar-refractivity contribution in [1.82, 2.24) is 10.2 Å².